The van der Waals surface area contributed by atoms with E-state index in [1.165, 1.54) is 5.56 Å². The standard InChI is InChI=1S/C20H29N3O3/c1-16-4-2-5-18(14-16)26-13-3-6-20(25)23-11-9-22(10-12-23)15-19(24)21-17-7-8-17/h2,4-5,14,17H,3,6-13,15H2,1H3,(H,21,24). The summed E-state index contributed by atoms with van der Waals surface area (Å²) < 4.78 is 5.70. The van der Waals surface area contributed by atoms with Crippen molar-refractivity contribution in [3.63, 3.8) is 0 Å². The Hall–Kier alpha value is -2.08. The van der Waals surface area contributed by atoms with E-state index >= 15 is 0 Å². The van der Waals surface area contributed by atoms with E-state index in [0.717, 1.165) is 38.1 Å². The van der Waals surface area contributed by atoms with Crippen LogP contribution in [-0.4, -0.2) is 67.0 Å². The molecule has 1 aliphatic carbocycles. The number of piperazine rings is 1. The summed E-state index contributed by atoms with van der Waals surface area (Å²) in [6.45, 7) is 5.97. The number of carbonyl (C=O) groups excluding carboxylic acids is 2. The summed E-state index contributed by atoms with van der Waals surface area (Å²) in [5.41, 5.74) is 1.17. The molecule has 1 aromatic rings. The lowest BCUT2D eigenvalue weighted by Gasteiger charge is -2.34. The fourth-order valence-electron chi connectivity index (χ4n) is 3.14. The topological polar surface area (TPSA) is 61.9 Å². The quantitative estimate of drug-likeness (QED) is 0.716. The fourth-order valence-corrected chi connectivity index (χ4v) is 3.14. The lowest BCUT2D eigenvalue weighted by molar-refractivity contribution is -0.133. The van der Waals surface area contributed by atoms with Crippen molar-refractivity contribution in [2.45, 2.75) is 38.6 Å². The molecule has 0 unspecified atom stereocenters. The number of benzene rings is 1. The average Bonchev–Trinajstić information content (AvgIpc) is 3.43. The lowest BCUT2D eigenvalue weighted by Crippen LogP contribution is -2.51. The molecule has 1 aromatic carbocycles. The van der Waals surface area contributed by atoms with E-state index in [4.69, 9.17) is 4.74 Å². The molecule has 2 fully saturated rings. The molecule has 2 aliphatic rings. The fraction of sp³-hybridized carbons (Fsp3) is 0.600. The molecule has 26 heavy (non-hydrogen) atoms. The molecule has 1 aliphatic heterocycles. The highest BCUT2D eigenvalue weighted by Gasteiger charge is 2.26. The molecular formula is C20H29N3O3. The Morgan fingerprint density at radius 1 is 1.19 bits per heavy atom. The SMILES string of the molecule is Cc1cccc(OCCCC(=O)N2CCN(CC(=O)NC3CC3)CC2)c1. The van der Waals surface area contributed by atoms with E-state index < -0.39 is 0 Å². The number of aryl methyl sites for hydroxylation is 1. The van der Waals surface area contributed by atoms with Gasteiger partial charge in [0.25, 0.3) is 0 Å². The zero-order valence-corrected chi connectivity index (χ0v) is 15.6. The largest absolute Gasteiger partial charge is 0.494 e. The van der Waals surface area contributed by atoms with Crippen LogP contribution in [-0.2, 0) is 9.59 Å². The summed E-state index contributed by atoms with van der Waals surface area (Å²) >= 11 is 0. The molecule has 1 heterocycles. The van der Waals surface area contributed by atoms with Gasteiger partial charge in [-0.1, -0.05) is 12.1 Å². The Morgan fingerprint density at radius 2 is 1.96 bits per heavy atom. The molecule has 1 saturated heterocycles. The van der Waals surface area contributed by atoms with Gasteiger partial charge in [0.2, 0.25) is 11.8 Å². The van der Waals surface area contributed by atoms with Gasteiger partial charge in [0, 0.05) is 38.6 Å². The van der Waals surface area contributed by atoms with E-state index in [1.807, 2.05) is 36.1 Å². The highest BCUT2D eigenvalue weighted by atomic mass is 16.5. The lowest BCUT2D eigenvalue weighted by atomic mass is 10.2. The third-order valence-corrected chi connectivity index (χ3v) is 4.83. The van der Waals surface area contributed by atoms with Crippen molar-refractivity contribution in [1.29, 1.82) is 0 Å². The van der Waals surface area contributed by atoms with Crippen molar-refractivity contribution in [2.75, 3.05) is 39.3 Å². The molecule has 1 N–H and O–H groups in total. The van der Waals surface area contributed by atoms with E-state index in [9.17, 15) is 9.59 Å². The Kier molecular flexibility index (Phi) is 6.50. The number of ether oxygens (including phenoxy) is 1. The third-order valence-electron chi connectivity index (χ3n) is 4.83. The monoisotopic (exact) mass is 359 g/mol. The van der Waals surface area contributed by atoms with Crippen LogP contribution in [0.5, 0.6) is 5.75 Å². The number of nitrogens with one attached hydrogen (secondary N) is 1. The molecule has 0 aromatic heterocycles. The molecule has 1 saturated carbocycles. The highest BCUT2D eigenvalue weighted by molar-refractivity contribution is 5.79. The predicted octanol–water partition coefficient (Wildman–Crippen LogP) is 1.58. The van der Waals surface area contributed by atoms with E-state index in [2.05, 4.69) is 10.2 Å². The minimum atomic E-state index is 0.112. The highest BCUT2D eigenvalue weighted by Crippen LogP contribution is 2.18. The van der Waals surface area contributed by atoms with E-state index in [0.29, 0.717) is 38.7 Å². The molecule has 0 atom stereocenters. The predicted molar refractivity (Wildman–Crippen MR) is 100 cm³/mol. The number of hydrogen-bond acceptors (Lipinski definition) is 4. The summed E-state index contributed by atoms with van der Waals surface area (Å²) in [5.74, 6) is 1.15. The number of rotatable bonds is 8. The minimum Gasteiger partial charge on any atom is -0.494 e. The molecule has 142 valence electrons. The van der Waals surface area contributed by atoms with Gasteiger partial charge in [0.05, 0.1) is 13.2 Å². The number of amides is 2. The molecular weight excluding hydrogens is 330 g/mol. The van der Waals surface area contributed by atoms with Crippen LogP contribution in [0.3, 0.4) is 0 Å². The van der Waals surface area contributed by atoms with Crippen LogP contribution >= 0.6 is 0 Å². The minimum absolute atomic E-state index is 0.112. The van der Waals surface area contributed by atoms with Crippen LogP contribution in [0.25, 0.3) is 0 Å². The van der Waals surface area contributed by atoms with Gasteiger partial charge in [0.15, 0.2) is 0 Å². The van der Waals surface area contributed by atoms with Gasteiger partial charge in [-0.3, -0.25) is 14.5 Å². The zero-order chi connectivity index (χ0) is 18.4. The van der Waals surface area contributed by atoms with Crippen molar-refractivity contribution in [3.8, 4) is 5.75 Å². The Morgan fingerprint density at radius 3 is 2.65 bits per heavy atom. The second kappa shape index (κ2) is 9.03. The second-order valence-corrected chi connectivity index (χ2v) is 7.27. The summed E-state index contributed by atoms with van der Waals surface area (Å²) in [7, 11) is 0. The molecule has 0 bridgehead atoms. The number of hydrogen-bond donors (Lipinski definition) is 1. The summed E-state index contributed by atoms with van der Waals surface area (Å²) in [6, 6.07) is 8.35. The first-order valence-electron chi connectivity index (χ1n) is 9.59. The van der Waals surface area contributed by atoms with Gasteiger partial charge in [0.1, 0.15) is 5.75 Å². The van der Waals surface area contributed by atoms with Crippen LogP contribution in [0, 0.1) is 6.92 Å². The molecule has 0 spiro atoms. The van der Waals surface area contributed by atoms with Crippen LogP contribution < -0.4 is 10.1 Å². The van der Waals surface area contributed by atoms with E-state index in [-0.39, 0.29) is 11.8 Å². The maximum atomic E-state index is 12.3. The van der Waals surface area contributed by atoms with Gasteiger partial charge >= 0.3 is 0 Å². The summed E-state index contributed by atoms with van der Waals surface area (Å²) in [4.78, 5) is 28.2. The van der Waals surface area contributed by atoms with Crippen molar-refractivity contribution in [3.05, 3.63) is 29.8 Å². The second-order valence-electron chi connectivity index (χ2n) is 7.27. The number of carbonyl (C=O) groups is 2. The van der Waals surface area contributed by atoms with Gasteiger partial charge in [-0.15, -0.1) is 0 Å². The first kappa shape index (κ1) is 18.7. The van der Waals surface area contributed by atoms with Crippen LogP contribution in [0.4, 0.5) is 0 Å². The van der Waals surface area contributed by atoms with Gasteiger partial charge in [-0.05, 0) is 43.9 Å². The van der Waals surface area contributed by atoms with Gasteiger partial charge < -0.3 is 15.0 Å². The molecule has 2 amide bonds. The average molecular weight is 359 g/mol. The smallest absolute Gasteiger partial charge is 0.234 e. The molecule has 6 heteroatoms. The third kappa shape index (κ3) is 6.02. The summed E-state index contributed by atoms with van der Waals surface area (Å²) in [6.07, 6.45) is 3.45. The maximum absolute atomic E-state index is 12.3. The van der Waals surface area contributed by atoms with Crippen molar-refractivity contribution < 1.29 is 14.3 Å². The van der Waals surface area contributed by atoms with Crippen molar-refractivity contribution in [1.82, 2.24) is 15.1 Å². The Balaban J connectivity index is 1.29. The first-order chi connectivity index (χ1) is 12.6. The van der Waals surface area contributed by atoms with Crippen LogP contribution in [0.15, 0.2) is 24.3 Å². The van der Waals surface area contributed by atoms with Crippen LogP contribution in [0.1, 0.15) is 31.2 Å². The maximum Gasteiger partial charge on any atom is 0.234 e. The van der Waals surface area contributed by atoms with Gasteiger partial charge in [-0.25, -0.2) is 0 Å². The zero-order valence-electron chi connectivity index (χ0n) is 15.6. The molecule has 3 rings (SSSR count). The molecule has 0 radical (unpaired) electrons. The number of nitrogens with zero attached hydrogens (tertiary/aromatic N) is 2. The summed E-state index contributed by atoms with van der Waals surface area (Å²) in [5, 5.41) is 3.01. The normalized spacial score (nSPS) is 17.8. The van der Waals surface area contributed by atoms with E-state index in [1.54, 1.807) is 0 Å². The Bertz CT molecular complexity index is 622. The Labute approximate surface area is 155 Å². The van der Waals surface area contributed by atoms with Crippen molar-refractivity contribution >= 4 is 11.8 Å². The molecule has 6 nitrogen and oxygen atoms in total. The first-order valence-corrected chi connectivity index (χ1v) is 9.59. The van der Waals surface area contributed by atoms with Crippen LogP contribution in [0.2, 0.25) is 0 Å². The van der Waals surface area contributed by atoms with Gasteiger partial charge in [-0.2, -0.15) is 0 Å². The van der Waals surface area contributed by atoms with Crippen molar-refractivity contribution in [2.24, 2.45) is 0 Å².